The van der Waals surface area contributed by atoms with E-state index in [1.54, 1.807) is 24.3 Å². The highest BCUT2D eigenvalue weighted by Crippen LogP contribution is 2.18. The Bertz CT molecular complexity index is 948. The van der Waals surface area contributed by atoms with Gasteiger partial charge in [0.05, 0.1) is 19.1 Å². The number of anilines is 1. The van der Waals surface area contributed by atoms with Crippen LogP contribution in [0, 0.1) is 5.82 Å². The minimum absolute atomic E-state index is 0.102. The molecule has 0 radical (unpaired) electrons. The van der Waals surface area contributed by atoms with Crippen molar-refractivity contribution in [1.29, 1.82) is 0 Å². The van der Waals surface area contributed by atoms with E-state index in [2.05, 4.69) is 5.32 Å². The van der Waals surface area contributed by atoms with E-state index in [0.717, 1.165) is 14.8 Å². The number of carbonyl (C=O) groups excluding carboxylic acids is 1. The van der Waals surface area contributed by atoms with Gasteiger partial charge in [0.2, 0.25) is 10.0 Å². The van der Waals surface area contributed by atoms with Crippen molar-refractivity contribution in [3.8, 4) is 5.75 Å². The van der Waals surface area contributed by atoms with Gasteiger partial charge in [-0.05, 0) is 36.4 Å². The maximum Gasteiger partial charge on any atom is 0.279 e. The van der Waals surface area contributed by atoms with Crippen LogP contribution in [0.3, 0.4) is 0 Å². The molecular weight excluding hydrogens is 385 g/mol. The van der Waals surface area contributed by atoms with Crippen LogP contribution in [0.15, 0.2) is 47.4 Å². The Kier molecular flexibility index (Phi) is 7.11. The first-order valence-corrected chi connectivity index (χ1v) is 10.0. The summed E-state index contributed by atoms with van der Waals surface area (Å²) in [4.78, 5) is 13.2. The molecule has 1 unspecified atom stereocenters. The summed E-state index contributed by atoms with van der Waals surface area (Å²) in [7, 11) is 2.53. The number of ether oxygens (including phenoxy) is 1. The maximum atomic E-state index is 13.8. The summed E-state index contributed by atoms with van der Waals surface area (Å²) in [5, 5.41) is 2.70. The van der Waals surface area contributed by atoms with Crippen molar-refractivity contribution in [1.82, 2.24) is 4.31 Å². The van der Waals surface area contributed by atoms with Gasteiger partial charge in [-0.15, -0.1) is 0 Å². The summed E-state index contributed by atoms with van der Waals surface area (Å²) in [5.41, 5.74) is 1.14. The van der Waals surface area contributed by atoms with Crippen LogP contribution in [-0.4, -0.2) is 53.4 Å². The summed E-state index contributed by atoms with van der Waals surface area (Å²) >= 11 is 0. The van der Waals surface area contributed by atoms with Gasteiger partial charge in [0, 0.05) is 25.3 Å². The number of halogens is 1. The molecule has 9 heteroatoms. The lowest BCUT2D eigenvalue weighted by Gasteiger charge is -2.15. The van der Waals surface area contributed by atoms with E-state index in [4.69, 9.17) is 4.74 Å². The molecular formula is C19H25FN3O4S+. The lowest BCUT2D eigenvalue weighted by molar-refractivity contribution is -0.885. The average Bonchev–Trinajstić information content (AvgIpc) is 2.61. The third-order valence-electron chi connectivity index (χ3n) is 4.08. The fraction of sp³-hybridized carbons (Fsp3) is 0.316. The molecule has 0 aliphatic carbocycles. The molecule has 152 valence electrons. The smallest absolute Gasteiger partial charge is 0.279 e. The Balaban J connectivity index is 1.99. The second-order valence-electron chi connectivity index (χ2n) is 6.64. The molecule has 1 atom stereocenters. The van der Waals surface area contributed by atoms with Crippen LogP contribution >= 0.6 is 0 Å². The molecule has 0 fully saturated rings. The van der Waals surface area contributed by atoms with Gasteiger partial charge in [-0.3, -0.25) is 4.79 Å². The predicted octanol–water partition coefficient (Wildman–Crippen LogP) is 0.738. The van der Waals surface area contributed by atoms with E-state index < -0.39 is 15.8 Å². The van der Waals surface area contributed by atoms with E-state index in [0.29, 0.717) is 12.2 Å². The molecule has 2 aromatic rings. The molecule has 1 amide bonds. The first kappa shape index (κ1) is 21.8. The van der Waals surface area contributed by atoms with Gasteiger partial charge in [0.25, 0.3) is 5.91 Å². The van der Waals surface area contributed by atoms with Crippen molar-refractivity contribution < 1.29 is 27.2 Å². The highest BCUT2D eigenvalue weighted by Gasteiger charge is 2.18. The van der Waals surface area contributed by atoms with Crippen molar-refractivity contribution in [3.63, 3.8) is 0 Å². The highest BCUT2D eigenvalue weighted by atomic mass is 32.2. The molecule has 0 spiro atoms. The third kappa shape index (κ3) is 5.51. The van der Waals surface area contributed by atoms with Gasteiger partial charge in [0.1, 0.15) is 6.54 Å². The summed E-state index contributed by atoms with van der Waals surface area (Å²) in [5.74, 6) is -0.547. The quantitative estimate of drug-likeness (QED) is 0.673. The number of nitrogens with one attached hydrogen (secondary N) is 2. The van der Waals surface area contributed by atoms with Gasteiger partial charge in [0.15, 0.2) is 18.1 Å². The number of rotatable bonds is 8. The molecule has 0 heterocycles. The molecule has 2 N–H and O–H groups in total. The number of carbonyl (C=O) groups is 1. The van der Waals surface area contributed by atoms with Crippen molar-refractivity contribution in [2.24, 2.45) is 0 Å². The van der Waals surface area contributed by atoms with E-state index in [1.165, 1.54) is 39.4 Å². The second kappa shape index (κ2) is 9.13. The minimum Gasteiger partial charge on any atom is -0.494 e. The Morgan fingerprint density at radius 3 is 2.54 bits per heavy atom. The number of sulfonamides is 1. The van der Waals surface area contributed by atoms with Gasteiger partial charge < -0.3 is 15.0 Å². The SMILES string of the molecule is COc1ccc(C[NH+](C)CC(=O)Nc2cccc(S(=O)(=O)N(C)C)c2)cc1F. The van der Waals surface area contributed by atoms with Crippen LogP contribution in [0.1, 0.15) is 5.56 Å². The number of methoxy groups -OCH3 is 1. The zero-order valence-electron chi connectivity index (χ0n) is 16.3. The molecule has 2 aromatic carbocycles. The van der Waals surface area contributed by atoms with Crippen molar-refractivity contribution in [2.75, 3.05) is 40.1 Å². The van der Waals surface area contributed by atoms with E-state index >= 15 is 0 Å². The first-order valence-electron chi connectivity index (χ1n) is 8.59. The van der Waals surface area contributed by atoms with E-state index in [9.17, 15) is 17.6 Å². The number of hydrogen-bond donors (Lipinski definition) is 2. The Morgan fingerprint density at radius 2 is 1.93 bits per heavy atom. The van der Waals surface area contributed by atoms with Crippen LogP contribution in [0.4, 0.5) is 10.1 Å². The number of hydrogen-bond acceptors (Lipinski definition) is 4. The standard InChI is InChI=1S/C19H24FN3O4S/c1-22(2)28(25,26)16-7-5-6-15(11-16)21-19(24)13-23(3)12-14-8-9-18(27-4)17(20)10-14/h5-11H,12-13H2,1-4H3,(H,21,24)/p+1. The first-order chi connectivity index (χ1) is 13.1. The van der Waals surface area contributed by atoms with Crippen LogP contribution in [0.5, 0.6) is 5.75 Å². The third-order valence-corrected chi connectivity index (χ3v) is 5.89. The highest BCUT2D eigenvalue weighted by molar-refractivity contribution is 7.89. The Morgan fingerprint density at radius 1 is 1.21 bits per heavy atom. The molecule has 2 rings (SSSR count). The monoisotopic (exact) mass is 410 g/mol. The fourth-order valence-electron chi connectivity index (χ4n) is 2.66. The fourth-order valence-corrected chi connectivity index (χ4v) is 3.60. The lowest BCUT2D eigenvalue weighted by atomic mass is 10.2. The zero-order chi connectivity index (χ0) is 20.9. The number of benzene rings is 2. The van der Waals surface area contributed by atoms with Crippen LogP contribution in [0.25, 0.3) is 0 Å². The van der Waals surface area contributed by atoms with Gasteiger partial charge in [-0.2, -0.15) is 0 Å². The van der Waals surface area contributed by atoms with Gasteiger partial charge in [-0.1, -0.05) is 6.07 Å². The number of nitrogens with zero attached hydrogens (tertiary/aromatic N) is 1. The lowest BCUT2D eigenvalue weighted by Crippen LogP contribution is -3.08. The molecule has 0 aromatic heterocycles. The van der Waals surface area contributed by atoms with Crippen molar-refractivity contribution in [3.05, 3.63) is 53.8 Å². The summed E-state index contributed by atoms with van der Waals surface area (Å²) in [6.45, 7) is 0.585. The van der Waals surface area contributed by atoms with Gasteiger partial charge in [-0.25, -0.2) is 17.1 Å². The Hall–Kier alpha value is -2.49. The largest absolute Gasteiger partial charge is 0.494 e. The molecule has 0 saturated carbocycles. The summed E-state index contributed by atoms with van der Waals surface area (Å²) in [6.07, 6.45) is 0. The van der Waals surface area contributed by atoms with Crippen LogP contribution in [0.2, 0.25) is 0 Å². The normalized spacial score (nSPS) is 12.6. The van der Waals surface area contributed by atoms with Crippen molar-refractivity contribution >= 4 is 21.6 Å². The van der Waals surface area contributed by atoms with Gasteiger partial charge >= 0.3 is 0 Å². The molecule has 0 bridgehead atoms. The van der Waals surface area contributed by atoms with Crippen LogP contribution < -0.4 is 15.0 Å². The number of amides is 1. The van der Waals surface area contributed by atoms with Crippen LogP contribution in [-0.2, 0) is 21.4 Å². The predicted molar refractivity (Wildman–Crippen MR) is 104 cm³/mol. The second-order valence-corrected chi connectivity index (χ2v) is 8.79. The molecule has 0 aliphatic rings. The maximum absolute atomic E-state index is 13.8. The molecule has 0 aliphatic heterocycles. The van der Waals surface area contributed by atoms with Crippen molar-refractivity contribution in [2.45, 2.75) is 11.4 Å². The zero-order valence-corrected chi connectivity index (χ0v) is 17.1. The number of likely N-dealkylation sites (N-methyl/N-ethyl adjacent to an activating group) is 1. The minimum atomic E-state index is -3.58. The molecule has 7 nitrogen and oxygen atoms in total. The summed E-state index contributed by atoms with van der Waals surface area (Å²) < 4.78 is 44.2. The summed E-state index contributed by atoms with van der Waals surface area (Å²) in [6, 6.07) is 10.8. The average molecular weight is 410 g/mol. The number of quaternary nitrogens is 1. The molecule has 28 heavy (non-hydrogen) atoms. The Labute approximate surface area is 164 Å². The molecule has 0 saturated heterocycles. The topological polar surface area (TPSA) is 80.1 Å². The van der Waals surface area contributed by atoms with E-state index in [-0.39, 0.29) is 23.1 Å². The van der Waals surface area contributed by atoms with E-state index in [1.807, 2.05) is 7.05 Å².